The van der Waals surface area contributed by atoms with Crippen LogP contribution in [0.25, 0.3) is 33.3 Å². The number of hydrogen-bond acceptors (Lipinski definition) is 4. The average molecular weight is 333 g/mol. The van der Waals surface area contributed by atoms with Gasteiger partial charge in [-0.1, -0.05) is 12.1 Å². The molecule has 2 aromatic carbocycles. The van der Waals surface area contributed by atoms with E-state index < -0.39 is 5.97 Å². The molecule has 0 aliphatic heterocycles. The molecule has 6 nitrogen and oxygen atoms in total. The van der Waals surface area contributed by atoms with Crippen LogP contribution in [-0.2, 0) is 4.74 Å². The first kappa shape index (κ1) is 15.1. The monoisotopic (exact) mass is 333 g/mol. The Morgan fingerprint density at radius 3 is 2.80 bits per heavy atom. The van der Waals surface area contributed by atoms with E-state index in [1.54, 1.807) is 19.1 Å². The molecule has 0 unspecified atom stereocenters. The number of esters is 1. The van der Waals surface area contributed by atoms with Crippen molar-refractivity contribution < 1.29 is 9.53 Å². The highest BCUT2D eigenvalue weighted by Crippen LogP contribution is 2.22. The number of carbonyl (C=O) groups is 1. The van der Waals surface area contributed by atoms with Gasteiger partial charge in [0.15, 0.2) is 0 Å². The summed E-state index contributed by atoms with van der Waals surface area (Å²) in [5, 5.41) is 0.420. The number of aromatic nitrogens is 3. The largest absolute Gasteiger partial charge is 0.462 e. The van der Waals surface area contributed by atoms with Gasteiger partial charge in [0.25, 0.3) is 0 Å². The molecule has 4 rings (SSSR count). The van der Waals surface area contributed by atoms with Crippen LogP contribution < -0.4 is 5.43 Å². The third-order valence-electron chi connectivity index (χ3n) is 4.04. The Bertz CT molecular complexity index is 1120. The van der Waals surface area contributed by atoms with E-state index in [4.69, 9.17) is 4.74 Å². The van der Waals surface area contributed by atoms with Crippen LogP contribution in [0.3, 0.4) is 0 Å². The molecule has 0 radical (unpaired) electrons. The van der Waals surface area contributed by atoms with Crippen LogP contribution in [-0.4, -0.2) is 27.5 Å². The molecule has 0 fully saturated rings. The zero-order chi connectivity index (χ0) is 17.4. The van der Waals surface area contributed by atoms with Gasteiger partial charge in [-0.3, -0.25) is 4.79 Å². The maximum Gasteiger partial charge on any atom is 0.343 e. The van der Waals surface area contributed by atoms with Gasteiger partial charge in [0.1, 0.15) is 11.4 Å². The minimum absolute atomic E-state index is 0.00361. The number of benzene rings is 2. The molecule has 2 N–H and O–H groups in total. The maximum absolute atomic E-state index is 12.6. The predicted molar refractivity (Wildman–Crippen MR) is 95.6 cm³/mol. The Labute approximate surface area is 142 Å². The van der Waals surface area contributed by atoms with Crippen LogP contribution in [0.15, 0.2) is 53.5 Å². The van der Waals surface area contributed by atoms with E-state index in [-0.39, 0.29) is 17.6 Å². The van der Waals surface area contributed by atoms with Crippen molar-refractivity contribution >= 4 is 27.9 Å². The molecule has 0 saturated heterocycles. The molecule has 0 spiro atoms. The zero-order valence-electron chi connectivity index (χ0n) is 13.5. The summed E-state index contributed by atoms with van der Waals surface area (Å²) in [5.41, 5.74) is 2.84. The normalized spacial score (nSPS) is 11.1. The molecule has 0 saturated carbocycles. The number of fused-ring (bicyclic) bond motifs is 2. The van der Waals surface area contributed by atoms with E-state index in [1.165, 1.54) is 6.20 Å². The lowest BCUT2D eigenvalue weighted by atomic mass is 10.1. The molecule has 2 aromatic heterocycles. The van der Waals surface area contributed by atoms with Gasteiger partial charge in [0.05, 0.1) is 17.6 Å². The molecule has 0 bridgehead atoms. The Hall–Kier alpha value is -3.41. The molecule has 25 heavy (non-hydrogen) atoms. The predicted octanol–water partition coefficient (Wildman–Crippen LogP) is 3.25. The van der Waals surface area contributed by atoms with Crippen LogP contribution in [0.5, 0.6) is 0 Å². The summed E-state index contributed by atoms with van der Waals surface area (Å²) in [6.45, 7) is 1.92. The second-order valence-electron chi connectivity index (χ2n) is 5.61. The van der Waals surface area contributed by atoms with Crippen LogP contribution in [0.4, 0.5) is 0 Å². The topological polar surface area (TPSA) is 87.8 Å². The lowest BCUT2D eigenvalue weighted by molar-refractivity contribution is 0.0524. The number of hydrogen-bond donors (Lipinski definition) is 2. The van der Waals surface area contributed by atoms with Crippen molar-refractivity contribution in [3.63, 3.8) is 0 Å². The highest BCUT2D eigenvalue weighted by atomic mass is 16.5. The number of para-hydroxylation sites is 2. The number of rotatable bonds is 3. The minimum atomic E-state index is -0.625. The number of nitrogens with zero attached hydrogens (tertiary/aromatic N) is 1. The van der Waals surface area contributed by atoms with Crippen LogP contribution in [0.1, 0.15) is 17.3 Å². The maximum atomic E-state index is 12.6. The first-order chi connectivity index (χ1) is 12.2. The molecular formula is C19H15N3O3. The van der Waals surface area contributed by atoms with E-state index in [9.17, 15) is 9.59 Å². The molecule has 4 aromatic rings. The van der Waals surface area contributed by atoms with Crippen LogP contribution >= 0.6 is 0 Å². The Morgan fingerprint density at radius 1 is 1.16 bits per heavy atom. The van der Waals surface area contributed by atoms with Gasteiger partial charge in [-0.2, -0.15) is 0 Å². The Morgan fingerprint density at radius 2 is 2.00 bits per heavy atom. The van der Waals surface area contributed by atoms with Gasteiger partial charge in [-0.05, 0) is 37.3 Å². The van der Waals surface area contributed by atoms with E-state index >= 15 is 0 Å². The van der Waals surface area contributed by atoms with Crippen molar-refractivity contribution in [1.29, 1.82) is 0 Å². The van der Waals surface area contributed by atoms with Gasteiger partial charge in [-0.15, -0.1) is 0 Å². The number of pyridine rings is 1. The standard InChI is InChI=1S/C19H15N3O3/c1-2-25-19(24)13-10-20-14-8-7-11(9-12(14)17(13)23)18-21-15-5-3-4-6-16(15)22-18/h3-10H,2H2,1H3,(H,20,23)(H,21,22). The smallest absolute Gasteiger partial charge is 0.343 e. The lowest BCUT2D eigenvalue weighted by Crippen LogP contribution is -2.18. The minimum Gasteiger partial charge on any atom is -0.462 e. The third-order valence-corrected chi connectivity index (χ3v) is 4.04. The van der Waals surface area contributed by atoms with Gasteiger partial charge in [0.2, 0.25) is 5.43 Å². The van der Waals surface area contributed by atoms with Crippen LogP contribution in [0.2, 0.25) is 0 Å². The molecule has 0 amide bonds. The number of carbonyl (C=O) groups excluding carboxylic acids is 1. The fourth-order valence-electron chi connectivity index (χ4n) is 2.82. The second-order valence-corrected chi connectivity index (χ2v) is 5.61. The Balaban J connectivity index is 1.87. The van der Waals surface area contributed by atoms with Crippen molar-refractivity contribution in [2.24, 2.45) is 0 Å². The van der Waals surface area contributed by atoms with Gasteiger partial charge in [-0.25, -0.2) is 9.78 Å². The first-order valence-corrected chi connectivity index (χ1v) is 7.95. The van der Waals surface area contributed by atoms with Crippen molar-refractivity contribution in [3.8, 4) is 11.4 Å². The molecule has 2 heterocycles. The SMILES string of the molecule is CCOC(=O)c1c[nH]c2ccc(-c3nc4ccccc4[nH]3)cc2c1=O. The highest BCUT2D eigenvalue weighted by molar-refractivity contribution is 5.94. The zero-order valence-corrected chi connectivity index (χ0v) is 13.5. The number of H-pyrrole nitrogens is 2. The first-order valence-electron chi connectivity index (χ1n) is 7.95. The van der Waals surface area contributed by atoms with Gasteiger partial charge >= 0.3 is 5.97 Å². The summed E-state index contributed by atoms with van der Waals surface area (Å²) >= 11 is 0. The summed E-state index contributed by atoms with van der Waals surface area (Å²) in [4.78, 5) is 35.3. The number of ether oxygens (including phenoxy) is 1. The van der Waals surface area contributed by atoms with Crippen molar-refractivity contribution in [2.45, 2.75) is 6.92 Å². The van der Waals surface area contributed by atoms with Crippen molar-refractivity contribution in [2.75, 3.05) is 6.61 Å². The average Bonchev–Trinajstić information content (AvgIpc) is 3.06. The summed E-state index contributed by atoms with van der Waals surface area (Å²) in [6, 6.07) is 13.1. The summed E-state index contributed by atoms with van der Waals surface area (Å²) < 4.78 is 4.93. The number of aromatic amines is 2. The molecule has 6 heteroatoms. The fourth-order valence-corrected chi connectivity index (χ4v) is 2.82. The number of nitrogens with one attached hydrogen (secondary N) is 2. The quantitative estimate of drug-likeness (QED) is 0.563. The molecule has 0 aliphatic carbocycles. The van der Waals surface area contributed by atoms with Crippen molar-refractivity contribution in [3.05, 3.63) is 64.4 Å². The van der Waals surface area contributed by atoms with E-state index in [0.717, 1.165) is 16.6 Å². The van der Waals surface area contributed by atoms with Gasteiger partial charge < -0.3 is 14.7 Å². The summed E-state index contributed by atoms with van der Waals surface area (Å²) in [5.74, 6) is 0.0452. The third kappa shape index (κ3) is 2.57. The van der Waals surface area contributed by atoms with E-state index in [1.807, 2.05) is 30.3 Å². The van der Waals surface area contributed by atoms with Gasteiger partial charge in [0, 0.05) is 22.7 Å². The van der Waals surface area contributed by atoms with E-state index in [0.29, 0.717) is 16.7 Å². The Kier molecular flexibility index (Phi) is 3.57. The lowest BCUT2D eigenvalue weighted by Gasteiger charge is -2.04. The number of imidazole rings is 1. The molecule has 0 atom stereocenters. The molecule has 0 aliphatic rings. The van der Waals surface area contributed by atoms with Crippen molar-refractivity contribution in [1.82, 2.24) is 15.0 Å². The van der Waals surface area contributed by atoms with E-state index in [2.05, 4.69) is 15.0 Å². The summed E-state index contributed by atoms with van der Waals surface area (Å²) in [7, 11) is 0. The second kappa shape index (κ2) is 5.90. The fraction of sp³-hybridized carbons (Fsp3) is 0.105. The van der Waals surface area contributed by atoms with Crippen LogP contribution in [0, 0.1) is 0 Å². The highest BCUT2D eigenvalue weighted by Gasteiger charge is 2.15. The molecular weight excluding hydrogens is 318 g/mol. The molecule has 124 valence electrons. The summed E-state index contributed by atoms with van der Waals surface area (Å²) in [6.07, 6.45) is 1.39.